The number of carbonyl (C=O) groups is 1. The maximum atomic E-state index is 14.1. The summed E-state index contributed by atoms with van der Waals surface area (Å²) in [4.78, 5) is 36.1. The molecule has 0 spiro atoms. The Morgan fingerprint density at radius 1 is 0.911 bits per heavy atom. The molecule has 5 aromatic rings. The Kier molecular flexibility index (Phi) is 9.03. The number of carbonyl (C=O) groups excluding carboxylic acids is 1. The van der Waals surface area contributed by atoms with Crippen molar-refractivity contribution in [2.24, 2.45) is 0 Å². The topological polar surface area (TPSA) is 82.2 Å². The highest BCUT2D eigenvalue weighted by Gasteiger charge is 2.30. The number of halogens is 1. The molecular formula is C36H30ClN5O2S. The van der Waals surface area contributed by atoms with Crippen LogP contribution in [0.3, 0.4) is 0 Å². The van der Waals surface area contributed by atoms with E-state index in [1.54, 1.807) is 53.7 Å². The van der Waals surface area contributed by atoms with Crippen LogP contribution in [0.5, 0.6) is 0 Å². The van der Waals surface area contributed by atoms with E-state index in [-0.39, 0.29) is 21.8 Å². The van der Waals surface area contributed by atoms with Crippen LogP contribution in [-0.4, -0.2) is 51.4 Å². The fraction of sp³-hybridized carbons (Fsp3) is 0.167. The molecule has 0 atom stereocenters. The van der Waals surface area contributed by atoms with Gasteiger partial charge in [0.2, 0.25) is 0 Å². The highest BCUT2D eigenvalue weighted by molar-refractivity contribution is 7.07. The first-order valence-electron chi connectivity index (χ1n) is 14.6. The molecule has 9 heteroatoms. The van der Waals surface area contributed by atoms with Gasteiger partial charge in [0.05, 0.1) is 16.3 Å². The van der Waals surface area contributed by atoms with Crippen molar-refractivity contribution >= 4 is 40.5 Å². The number of hydrogen-bond acceptors (Lipinski definition) is 6. The maximum absolute atomic E-state index is 14.1. The lowest BCUT2D eigenvalue weighted by Crippen LogP contribution is -2.50. The summed E-state index contributed by atoms with van der Waals surface area (Å²) in [5, 5.41) is 10.9. The predicted octanol–water partition coefficient (Wildman–Crippen LogP) is 4.69. The third-order valence-corrected chi connectivity index (χ3v) is 9.55. The summed E-state index contributed by atoms with van der Waals surface area (Å²) < 4.78 is 2.13. The van der Waals surface area contributed by atoms with Gasteiger partial charge in [-0.3, -0.25) is 24.0 Å². The standard InChI is InChI=1S/C36H30ClN5O2S/c1-25-30(37)13-8-14-31(25)42-35(44)32(23-26-15-17-39-18-16-26)45-36(42)29(24-38)34(43)41-21-19-40(20-22-41)33(27-9-4-2-5-10-27)28-11-6-3-7-12-28/h2-18,23,33H,19-22H2,1H3/b32-23+,36-29-. The summed E-state index contributed by atoms with van der Waals surface area (Å²) in [7, 11) is 0. The van der Waals surface area contributed by atoms with Crippen LogP contribution in [0.4, 0.5) is 0 Å². The molecule has 224 valence electrons. The average Bonchev–Trinajstić information content (AvgIpc) is 3.39. The van der Waals surface area contributed by atoms with Crippen LogP contribution in [0, 0.1) is 18.3 Å². The Hall–Kier alpha value is -4.81. The van der Waals surface area contributed by atoms with Crippen molar-refractivity contribution in [2.45, 2.75) is 13.0 Å². The summed E-state index contributed by atoms with van der Waals surface area (Å²) >= 11 is 7.58. The third kappa shape index (κ3) is 6.24. The second-order valence-electron chi connectivity index (χ2n) is 10.8. The lowest BCUT2D eigenvalue weighted by molar-refractivity contribution is -0.126. The van der Waals surface area contributed by atoms with Gasteiger partial charge in [0.25, 0.3) is 11.5 Å². The molecule has 3 aromatic carbocycles. The number of aromatic nitrogens is 2. The molecule has 0 aliphatic carbocycles. The smallest absolute Gasteiger partial charge is 0.273 e. The normalized spacial score (nSPS) is 14.8. The van der Waals surface area contributed by atoms with E-state index in [4.69, 9.17) is 11.6 Å². The molecule has 7 nitrogen and oxygen atoms in total. The fourth-order valence-electron chi connectivity index (χ4n) is 5.73. The zero-order chi connectivity index (χ0) is 31.3. The molecule has 0 unspecified atom stereocenters. The molecule has 1 amide bonds. The van der Waals surface area contributed by atoms with E-state index in [9.17, 15) is 14.9 Å². The maximum Gasteiger partial charge on any atom is 0.273 e. The molecule has 1 aliphatic rings. The molecule has 0 radical (unpaired) electrons. The van der Waals surface area contributed by atoms with Gasteiger partial charge in [-0.25, -0.2) is 0 Å². The molecule has 2 aromatic heterocycles. The lowest BCUT2D eigenvalue weighted by atomic mass is 9.96. The van der Waals surface area contributed by atoms with Crippen LogP contribution < -0.4 is 14.8 Å². The highest BCUT2D eigenvalue weighted by Crippen LogP contribution is 2.29. The summed E-state index contributed by atoms with van der Waals surface area (Å²) in [5.41, 5.74) is 3.99. The van der Waals surface area contributed by atoms with Crippen molar-refractivity contribution in [3.63, 3.8) is 0 Å². The van der Waals surface area contributed by atoms with E-state index in [0.29, 0.717) is 47.0 Å². The van der Waals surface area contributed by atoms with Crippen LogP contribution in [0.1, 0.15) is 28.3 Å². The largest absolute Gasteiger partial charge is 0.335 e. The highest BCUT2D eigenvalue weighted by atomic mass is 35.5. The number of nitriles is 1. The Morgan fingerprint density at radius 2 is 1.53 bits per heavy atom. The Labute approximate surface area is 270 Å². The molecule has 1 saturated heterocycles. The zero-order valence-corrected chi connectivity index (χ0v) is 26.2. The minimum atomic E-state index is -0.390. The second-order valence-corrected chi connectivity index (χ2v) is 12.2. The van der Waals surface area contributed by atoms with Gasteiger partial charge >= 0.3 is 0 Å². The van der Waals surface area contributed by atoms with E-state index in [1.165, 1.54) is 15.7 Å². The minimum Gasteiger partial charge on any atom is -0.335 e. The van der Waals surface area contributed by atoms with Gasteiger partial charge in [-0.15, -0.1) is 11.3 Å². The molecule has 0 bridgehead atoms. The second kappa shape index (κ2) is 13.4. The van der Waals surface area contributed by atoms with Gasteiger partial charge < -0.3 is 4.90 Å². The molecule has 1 fully saturated rings. The van der Waals surface area contributed by atoms with Gasteiger partial charge in [-0.2, -0.15) is 5.26 Å². The van der Waals surface area contributed by atoms with Crippen molar-refractivity contribution in [1.82, 2.24) is 19.4 Å². The average molecular weight is 632 g/mol. The van der Waals surface area contributed by atoms with E-state index >= 15 is 0 Å². The molecule has 6 rings (SSSR count). The van der Waals surface area contributed by atoms with E-state index in [1.807, 2.05) is 43.3 Å². The molecule has 3 heterocycles. The van der Waals surface area contributed by atoms with Crippen molar-refractivity contribution in [3.8, 4) is 11.8 Å². The third-order valence-electron chi connectivity index (χ3n) is 8.04. The first kappa shape index (κ1) is 30.2. The predicted molar refractivity (Wildman–Crippen MR) is 179 cm³/mol. The van der Waals surface area contributed by atoms with Gasteiger partial charge in [0.15, 0.2) is 5.57 Å². The van der Waals surface area contributed by atoms with Crippen molar-refractivity contribution in [2.75, 3.05) is 26.2 Å². The van der Waals surface area contributed by atoms with E-state index in [0.717, 1.165) is 16.9 Å². The first-order chi connectivity index (χ1) is 22.0. The Morgan fingerprint density at radius 3 is 2.13 bits per heavy atom. The van der Waals surface area contributed by atoms with Gasteiger partial charge in [-0.1, -0.05) is 78.3 Å². The summed E-state index contributed by atoms with van der Waals surface area (Å²) in [6, 6.07) is 31.8. The fourth-order valence-corrected chi connectivity index (χ4v) is 6.99. The molecule has 0 N–H and O–H groups in total. The summed E-state index contributed by atoms with van der Waals surface area (Å²) in [6.07, 6.45) is 5.05. The molecule has 45 heavy (non-hydrogen) atoms. The van der Waals surface area contributed by atoms with Crippen LogP contribution in [0.2, 0.25) is 5.02 Å². The van der Waals surface area contributed by atoms with Crippen LogP contribution >= 0.6 is 22.9 Å². The molecule has 1 aliphatic heterocycles. The summed E-state index contributed by atoms with van der Waals surface area (Å²) in [5.74, 6) is -0.390. The zero-order valence-electron chi connectivity index (χ0n) is 24.6. The number of rotatable bonds is 6. The first-order valence-corrected chi connectivity index (χ1v) is 15.8. The Bertz CT molecular complexity index is 2010. The number of thiazole rings is 1. The van der Waals surface area contributed by atoms with Crippen LogP contribution in [-0.2, 0) is 4.79 Å². The molecular weight excluding hydrogens is 602 g/mol. The SMILES string of the molecule is Cc1c(Cl)cccc1-n1c(=O)/c(=C\c2ccncc2)s/c1=C(/C#N)C(=O)N1CCN(C(c2ccccc2)c2ccccc2)CC1. The van der Waals surface area contributed by atoms with Crippen molar-refractivity contribution < 1.29 is 4.79 Å². The van der Waals surface area contributed by atoms with Gasteiger partial charge in [0.1, 0.15) is 10.7 Å². The van der Waals surface area contributed by atoms with Crippen molar-refractivity contribution in [1.29, 1.82) is 5.26 Å². The van der Waals surface area contributed by atoms with Crippen LogP contribution in [0.15, 0.2) is 108 Å². The minimum absolute atomic E-state index is 0.0450. The number of pyridine rings is 1. The summed E-state index contributed by atoms with van der Waals surface area (Å²) in [6.45, 7) is 3.97. The number of nitrogens with zero attached hydrogens (tertiary/aromatic N) is 5. The Balaban J connectivity index is 1.38. The number of benzene rings is 3. The van der Waals surface area contributed by atoms with Crippen molar-refractivity contribution in [3.05, 3.63) is 150 Å². The molecule has 0 saturated carbocycles. The van der Waals surface area contributed by atoms with Gasteiger partial charge in [0, 0.05) is 43.6 Å². The van der Waals surface area contributed by atoms with Gasteiger partial charge in [-0.05, 0) is 59.5 Å². The quantitative estimate of drug-likeness (QED) is 0.272. The van der Waals surface area contributed by atoms with E-state index < -0.39 is 5.91 Å². The number of hydrogen-bond donors (Lipinski definition) is 0. The number of piperazine rings is 1. The van der Waals surface area contributed by atoms with Crippen LogP contribution in [0.25, 0.3) is 17.3 Å². The number of amides is 1. The van der Waals surface area contributed by atoms with E-state index in [2.05, 4.69) is 40.2 Å². The monoisotopic (exact) mass is 631 g/mol. The lowest BCUT2D eigenvalue weighted by Gasteiger charge is -2.39.